The van der Waals surface area contributed by atoms with Crippen LogP contribution in [0.25, 0.3) is 0 Å². The summed E-state index contributed by atoms with van der Waals surface area (Å²) in [7, 11) is 0. The van der Waals surface area contributed by atoms with Gasteiger partial charge in [0.05, 0.1) is 18.8 Å². The number of nitrogens with one attached hydrogen (secondary N) is 1. The predicted molar refractivity (Wildman–Crippen MR) is 130 cm³/mol. The van der Waals surface area contributed by atoms with Crippen molar-refractivity contribution >= 4 is 6.09 Å². The van der Waals surface area contributed by atoms with Crippen LogP contribution >= 0.6 is 0 Å². The number of alkyl carbamates (subject to hydrolysis) is 1. The highest BCUT2D eigenvalue weighted by Gasteiger charge is 2.23. The van der Waals surface area contributed by atoms with Gasteiger partial charge in [0.25, 0.3) is 0 Å². The number of rotatable bonds is 20. The van der Waals surface area contributed by atoms with Crippen molar-refractivity contribution < 1.29 is 19.7 Å². The Morgan fingerprint density at radius 3 is 1.52 bits per heavy atom. The van der Waals surface area contributed by atoms with Crippen LogP contribution in [0, 0.1) is 0 Å². The topological polar surface area (TPSA) is 78.8 Å². The molecule has 31 heavy (non-hydrogen) atoms. The van der Waals surface area contributed by atoms with Gasteiger partial charge in [-0.15, -0.1) is 0 Å². The standard InChI is InChI=1S/C26H53NO4/c1-5-6-7-8-9-10-11-12-13-14-15-16-17-18-19-20-21-23(24(29)22-28)27-25(30)31-26(2,3)4/h23-24,28-29H,5-22H2,1-4H3,(H,27,30)/t23-,24+/m0/s1. The lowest BCUT2D eigenvalue weighted by atomic mass is 10.0. The zero-order valence-electron chi connectivity index (χ0n) is 21.1. The van der Waals surface area contributed by atoms with Gasteiger partial charge in [0.2, 0.25) is 0 Å². The van der Waals surface area contributed by atoms with Gasteiger partial charge in [-0.1, -0.05) is 110 Å². The lowest BCUT2D eigenvalue weighted by Crippen LogP contribution is -2.46. The van der Waals surface area contributed by atoms with E-state index < -0.39 is 23.8 Å². The normalized spacial score (nSPS) is 13.7. The molecule has 0 aliphatic carbocycles. The Kier molecular flexibility index (Phi) is 19.3. The Labute approximate surface area is 192 Å². The van der Waals surface area contributed by atoms with Gasteiger partial charge in [-0.25, -0.2) is 4.79 Å². The number of aliphatic hydroxyl groups is 2. The third-order valence-corrected chi connectivity index (χ3v) is 5.72. The molecule has 0 aromatic rings. The number of carbonyl (C=O) groups excluding carboxylic acids is 1. The Bertz CT molecular complexity index is 409. The first-order chi connectivity index (χ1) is 14.8. The quantitative estimate of drug-likeness (QED) is 0.179. The van der Waals surface area contributed by atoms with Crippen molar-refractivity contribution in [2.75, 3.05) is 6.61 Å². The molecule has 0 unspecified atom stereocenters. The fourth-order valence-corrected chi connectivity index (χ4v) is 3.86. The summed E-state index contributed by atoms with van der Waals surface area (Å²) >= 11 is 0. The van der Waals surface area contributed by atoms with Crippen LogP contribution in [-0.2, 0) is 4.74 Å². The molecule has 0 spiro atoms. The average molecular weight is 444 g/mol. The summed E-state index contributed by atoms with van der Waals surface area (Å²) in [5.74, 6) is 0. The number of hydrogen-bond acceptors (Lipinski definition) is 4. The molecule has 5 heteroatoms. The first kappa shape index (κ1) is 30.2. The summed E-state index contributed by atoms with van der Waals surface area (Å²) in [6.07, 6.45) is 20.2. The first-order valence-corrected chi connectivity index (χ1v) is 13.1. The van der Waals surface area contributed by atoms with Crippen molar-refractivity contribution in [1.82, 2.24) is 5.32 Å². The third kappa shape index (κ3) is 20.8. The molecule has 186 valence electrons. The van der Waals surface area contributed by atoms with E-state index >= 15 is 0 Å². The summed E-state index contributed by atoms with van der Waals surface area (Å²) < 4.78 is 5.25. The molecule has 5 nitrogen and oxygen atoms in total. The molecule has 0 aliphatic heterocycles. The summed E-state index contributed by atoms with van der Waals surface area (Å²) in [6.45, 7) is 7.32. The van der Waals surface area contributed by atoms with E-state index in [9.17, 15) is 15.0 Å². The van der Waals surface area contributed by atoms with E-state index in [1.165, 1.54) is 89.9 Å². The first-order valence-electron chi connectivity index (χ1n) is 13.1. The Morgan fingerprint density at radius 1 is 0.774 bits per heavy atom. The molecule has 0 aliphatic rings. The van der Waals surface area contributed by atoms with Gasteiger partial charge in [-0.3, -0.25) is 0 Å². The molecule has 0 heterocycles. The fraction of sp³-hybridized carbons (Fsp3) is 0.962. The van der Waals surface area contributed by atoms with E-state index in [4.69, 9.17) is 4.74 Å². The molecule has 0 aromatic carbocycles. The minimum absolute atomic E-state index is 0.362. The summed E-state index contributed by atoms with van der Waals surface area (Å²) in [5, 5.41) is 21.9. The zero-order chi connectivity index (χ0) is 23.4. The van der Waals surface area contributed by atoms with Crippen LogP contribution in [0.5, 0.6) is 0 Å². The highest BCUT2D eigenvalue weighted by molar-refractivity contribution is 5.68. The van der Waals surface area contributed by atoms with Gasteiger partial charge >= 0.3 is 6.09 Å². The van der Waals surface area contributed by atoms with E-state index in [0.29, 0.717) is 6.42 Å². The highest BCUT2D eigenvalue weighted by atomic mass is 16.6. The molecule has 2 atom stereocenters. The second-order valence-electron chi connectivity index (χ2n) is 10.1. The lowest BCUT2D eigenvalue weighted by molar-refractivity contribution is 0.0302. The van der Waals surface area contributed by atoms with Crippen molar-refractivity contribution in [2.24, 2.45) is 0 Å². The van der Waals surface area contributed by atoms with Crippen LogP contribution in [0.15, 0.2) is 0 Å². The predicted octanol–water partition coefficient (Wildman–Crippen LogP) is 6.88. The Balaban J connectivity index is 3.62. The van der Waals surface area contributed by atoms with Crippen LogP contribution in [0.2, 0.25) is 0 Å². The minimum atomic E-state index is -0.955. The summed E-state index contributed by atoms with van der Waals surface area (Å²) in [4.78, 5) is 11.9. The van der Waals surface area contributed by atoms with Crippen molar-refractivity contribution in [3.05, 3.63) is 0 Å². The maximum absolute atomic E-state index is 11.9. The van der Waals surface area contributed by atoms with Gasteiger partial charge in [-0.05, 0) is 27.2 Å². The van der Waals surface area contributed by atoms with E-state index in [-0.39, 0.29) is 6.61 Å². The fourth-order valence-electron chi connectivity index (χ4n) is 3.86. The van der Waals surface area contributed by atoms with E-state index in [0.717, 1.165) is 12.8 Å². The molecule has 0 fully saturated rings. The monoisotopic (exact) mass is 443 g/mol. The van der Waals surface area contributed by atoms with Crippen molar-refractivity contribution in [3.63, 3.8) is 0 Å². The third-order valence-electron chi connectivity index (χ3n) is 5.72. The number of ether oxygens (including phenoxy) is 1. The zero-order valence-corrected chi connectivity index (χ0v) is 21.1. The van der Waals surface area contributed by atoms with E-state index in [2.05, 4.69) is 12.2 Å². The van der Waals surface area contributed by atoms with Crippen LogP contribution in [0.4, 0.5) is 4.79 Å². The van der Waals surface area contributed by atoms with E-state index in [1.807, 2.05) is 0 Å². The van der Waals surface area contributed by atoms with Crippen LogP contribution in [0.1, 0.15) is 137 Å². The number of unbranched alkanes of at least 4 members (excludes halogenated alkanes) is 15. The molecule has 0 aromatic heterocycles. The second kappa shape index (κ2) is 19.8. The molecular weight excluding hydrogens is 390 g/mol. The van der Waals surface area contributed by atoms with Crippen LogP contribution < -0.4 is 5.32 Å². The molecule has 0 radical (unpaired) electrons. The Hall–Kier alpha value is -0.810. The van der Waals surface area contributed by atoms with Crippen LogP contribution in [0.3, 0.4) is 0 Å². The SMILES string of the molecule is CCCCCCCCCCCCCCCCCC[C@H](NC(=O)OC(C)(C)C)[C@H](O)CO. The number of amides is 1. The molecule has 0 saturated carbocycles. The van der Waals surface area contributed by atoms with Crippen molar-refractivity contribution in [1.29, 1.82) is 0 Å². The molecule has 0 rings (SSSR count). The summed E-state index contributed by atoms with van der Waals surface area (Å²) in [6, 6.07) is -0.466. The minimum Gasteiger partial charge on any atom is -0.444 e. The van der Waals surface area contributed by atoms with Gasteiger partial charge in [0, 0.05) is 0 Å². The molecule has 1 amide bonds. The molecule has 0 saturated heterocycles. The summed E-state index contributed by atoms with van der Waals surface area (Å²) in [5.41, 5.74) is -0.576. The number of aliphatic hydroxyl groups excluding tert-OH is 2. The van der Waals surface area contributed by atoms with Crippen molar-refractivity contribution in [2.45, 2.75) is 155 Å². The second-order valence-corrected chi connectivity index (χ2v) is 10.1. The average Bonchev–Trinajstić information content (AvgIpc) is 2.70. The van der Waals surface area contributed by atoms with Gasteiger partial charge in [-0.2, -0.15) is 0 Å². The number of carbonyl (C=O) groups is 1. The molecular formula is C26H53NO4. The van der Waals surface area contributed by atoms with Crippen molar-refractivity contribution in [3.8, 4) is 0 Å². The highest BCUT2D eigenvalue weighted by Crippen LogP contribution is 2.15. The smallest absolute Gasteiger partial charge is 0.407 e. The van der Waals surface area contributed by atoms with E-state index in [1.54, 1.807) is 20.8 Å². The van der Waals surface area contributed by atoms with Gasteiger partial charge in [0.15, 0.2) is 0 Å². The van der Waals surface area contributed by atoms with Gasteiger partial charge < -0.3 is 20.3 Å². The lowest BCUT2D eigenvalue weighted by Gasteiger charge is -2.26. The molecule has 0 bridgehead atoms. The van der Waals surface area contributed by atoms with Gasteiger partial charge in [0.1, 0.15) is 5.60 Å². The number of hydrogen-bond donors (Lipinski definition) is 3. The maximum Gasteiger partial charge on any atom is 0.407 e. The molecule has 3 N–H and O–H groups in total. The largest absolute Gasteiger partial charge is 0.444 e. The Morgan fingerprint density at radius 2 is 1.16 bits per heavy atom. The van der Waals surface area contributed by atoms with Crippen LogP contribution in [-0.4, -0.2) is 40.7 Å². The maximum atomic E-state index is 11.9.